The molecule has 1 atom stereocenters. The van der Waals surface area contributed by atoms with Gasteiger partial charge in [-0.15, -0.1) is 0 Å². The van der Waals surface area contributed by atoms with Crippen LogP contribution >= 0.6 is 0 Å². The van der Waals surface area contributed by atoms with Crippen molar-refractivity contribution in [2.24, 2.45) is 0 Å². The Hall–Kier alpha value is -3.35. The van der Waals surface area contributed by atoms with Crippen molar-refractivity contribution in [3.8, 4) is 5.82 Å². The minimum absolute atomic E-state index is 0.0199. The zero-order valence-corrected chi connectivity index (χ0v) is 17.6. The maximum Gasteiger partial charge on any atom is 0.259 e. The second kappa shape index (κ2) is 6.58. The zero-order valence-electron chi connectivity index (χ0n) is 17.6. The molecule has 3 aromatic heterocycles. The van der Waals surface area contributed by atoms with Gasteiger partial charge in [-0.05, 0) is 51.5 Å². The van der Waals surface area contributed by atoms with Gasteiger partial charge in [-0.3, -0.25) is 4.79 Å². The van der Waals surface area contributed by atoms with E-state index in [1.807, 2.05) is 31.0 Å². The molecule has 2 aliphatic rings. The highest BCUT2D eigenvalue weighted by molar-refractivity contribution is 5.96. The molecule has 5 rings (SSSR count). The van der Waals surface area contributed by atoms with Crippen molar-refractivity contribution in [1.82, 2.24) is 19.6 Å². The molecule has 0 aliphatic carbocycles. The number of hydrogen-bond acceptors (Lipinski definition) is 5. The molecular weight excluding hydrogens is 378 g/mol. The number of likely N-dealkylation sites (tertiary alicyclic amines) is 1. The third-order valence-corrected chi connectivity index (χ3v) is 6.24. The monoisotopic (exact) mass is 403 g/mol. The maximum atomic E-state index is 13.4. The zero-order chi connectivity index (χ0) is 21.0. The van der Waals surface area contributed by atoms with Gasteiger partial charge in [0.25, 0.3) is 5.91 Å². The first-order chi connectivity index (χ1) is 14.4. The average molecular weight is 403 g/mol. The van der Waals surface area contributed by atoms with Crippen molar-refractivity contribution >= 4 is 11.6 Å². The van der Waals surface area contributed by atoms with Crippen LogP contribution in [0.1, 0.15) is 40.9 Å². The van der Waals surface area contributed by atoms with Gasteiger partial charge in [0.1, 0.15) is 16.9 Å². The molecular formula is C23H25N5O2. The van der Waals surface area contributed by atoms with Crippen LogP contribution in [0.5, 0.6) is 0 Å². The second-order valence-electron chi connectivity index (χ2n) is 8.36. The van der Waals surface area contributed by atoms with Crippen LogP contribution in [0.2, 0.25) is 0 Å². The van der Waals surface area contributed by atoms with Crippen LogP contribution in [0.3, 0.4) is 0 Å². The minimum Gasteiger partial charge on any atom is -0.361 e. The van der Waals surface area contributed by atoms with Gasteiger partial charge in [0.05, 0.1) is 17.1 Å². The third-order valence-electron chi connectivity index (χ3n) is 6.24. The normalized spacial score (nSPS) is 19.8. The summed E-state index contributed by atoms with van der Waals surface area (Å²) < 4.78 is 7.41. The van der Waals surface area contributed by atoms with Crippen molar-refractivity contribution in [3.63, 3.8) is 0 Å². The van der Waals surface area contributed by atoms with Crippen LogP contribution in [0, 0.1) is 13.8 Å². The first kappa shape index (κ1) is 18.7. The lowest BCUT2D eigenvalue weighted by Crippen LogP contribution is -2.53. The number of carbonyl (C=O) groups excluding carboxylic acids is 1. The standard InChI is InChI=1S/C23H25N5O2/c1-15(2)13-28-18-7-5-10-24-21(18)27-11-6-8-19(27)23(28)9-12-26(14-23)22(29)20-16(3)25-30-17(20)4/h5-8,10-11H,1,9,12-14H2,2-4H3/t23-/m0/s1. The van der Waals surface area contributed by atoms with Crippen molar-refractivity contribution in [1.29, 1.82) is 0 Å². The molecule has 7 nitrogen and oxygen atoms in total. The number of rotatable bonds is 3. The molecule has 7 heteroatoms. The van der Waals surface area contributed by atoms with E-state index in [2.05, 4.69) is 50.6 Å². The second-order valence-corrected chi connectivity index (χ2v) is 8.36. The van der Waals surface area contributed by atoms with Gasteiger partial charge in [-0.25, -0.2) is 4.98 Å². The molecule has 5 heterocycles. The summed E-state index contributed by atoms with van der Waals surface area (Å²) in [6.45, 7) is 11.8. The van der Waals surface area contributed by atoms with E-state index >= 15 is 0 Å². The Balaban J connectivity index is 1.60. The first-order valence-electron chi connectivity index (χ1n) is 10.2. The molecule has 2 aliphatic heterocycles. The highest BCUT2D eigenvalue weighted by Gasteiger charge is 2.51. The molecule has 0 N–H and O–H groups in total. The Kier molecular flexibility index (Phi) is 4.10. The summed E-state index contributed by atoms with van der Waals surface area (Å²) in [4.78, 5) is 22.3. The van der Waals surface area contributed by atoms with Gasteiger partial charge in [0, 0.05) is 32.0 Å². The molecule has 1 fully saturated rings. The van der Waals surface area contributed by atoms with E-state index in [9.17, 15) is 4.79 Å². The predicted octanol–water partition coefficient (Wildman–Crippen LogP) is 3.61. The number of nitrogens with zero attached hydrogens (tertiary/aromatic N) is 5. The van der Waals surface area contributed by atoms with Gasteiger partial charge in [-0.2, -0.15) is 0 Å². The fourth-order valence-electron chi connectivity index (χ4n) is 4.95. The van der Waals surface area contributed by atoms with Gasteiger partial charge in [0.2, 0.25) is 0 Å². The van der Waals surface area contributed by atoms with E-state index in [1.165, 1.54) is 0 Å². The quantitative estimate of drug-likeness (QED) is 0.625. The van der Waals surface area contributed by atoms with Crippen LogP contribution in [-0.4, -0.2) is 45.1 Å². The summed E-state index contributed by atoms with van der Waals surface area (Å²) in [5.74, 6) is 1.46. The molecule has 0 unspecified atom stereocenters. The topological polar surface area (TPSA) is 67.4 Å². The van der Waals surface area contributed by atoms with Crippen LogP contribution in [0.4, 0.5) is 5.69 Å². The predicted molar refractivity (Wildman–Crippen MR) is 114 cm³/mol. The number of carbonyl (C=O) groups is 1. The molecule has 154 valence electrons. The van der Waals surface area contributed by atoms with Crippen molar-refractivity contribution < 1.29 is 9.32 Å². The van der Waals surface area contributed by atoms with Crippen molar-refractivity contribution in [3.05, 3.63) is 71.5 Å². The lowest BCUT2D eigenvalue weighted by atomic mass is 9.88. The number of aromatic nitrogens is 3. The number of aryl methyl sites for hydroxylation is 2. The number of hydrogen-bond donors (Lipinski definition) is 0. The fraction of sp³-hybridized carbons (Fsp3) is 0.348. The van der Waals surface area contributed by atoms with Crippen LogP contribution < -0.4 is 4.90 Å². The van der Waals surface area contributed by atoms with Gasteiger partial charge in [0.15, 0.2) is 5.82 Å². The average Bonchev–Trinajstić information content (AvgIpc) is 3.44. The van der Waals surface area contributed by atoms with E-state index < -0.39 is 0 Å². The largest absolute Gasteiger partial charge is 0.361 e. The third kappa shape index (κ3) is 2.54. The lowest BCUT2D eigenvalue weighted by molar-refractivity contribution is 0.0780. The number of amides is 1. The van der Waals surface area contributed by atoms with Crippen molar-refractivity contribution in [2.45, 2.75) is 32.7 Å². The molecule has 0 bridgehead atoms. The Morgan fingerprint density at radius 2 is 2.13 bits per heavy atom. The Morgan fingerprint density at radius 3 is 2.87 bits per heavy atom. The van der Waals surface area contributed by atoms with Gasteiger partial charge in [-0.1, -0.05) is 17.3 Å². The Morgan fingerprint density at radius 1 is 1.30 bits per heavy atom. The van der Waals surface area contributed by atoms with Crippen LogP contribution in [0.25, 0.3) is 5.82 Å². The molecule has 1 spiro atoms. The summed E-state index contributed by atoms with van der Waals surface area (Å²) >= 11 is 0. The van der Waals surface area contributed by atoms with Crippen molar-refractivity contribution in [2.75, 3.05) is 24.5 Å². The first-order valence-corrected chi connectivity index (χ1v) is 10.2. The van der Waals surface area contributed by atoms with E-state index in [0.717, 1.165) is 29.2 Å². The Labute approximate surface area is 175 Å². The van der Waals surface area contributed by atoms with E-state index in [1.54, 1.807) is 6.92 Å². The summed E-state index contributed by atoms with van der Waals surface area (Å²) in [5, 5.41) is 3.97. The molecule has 0 radical (unpaired) electrons. The minimum atomic E-state index is -0.340. The number of fused-ring (bicyclic) bond motifs is 4. The summed E-state index contributed by atoms with van der Waals surface area (Å²) in [7, 11) is 0. The lowest BCUT2D eigenvalue weighted by Gasteiger charge is -2.47. The highest BCUT2D eigenvalue weighted by atomic mass is 16.5. The molecule has 3 aromatic rings. The SMILES string of the molecule is C=C(C)CN1c2cccnc2-n2cccc2[C@@]12CCN(C(=O)c1c(C)noc1C)C2. The summed E-state index contributed by atoms with van der Waals surface area (Å²) in [5.41, 5.74) is 4.16. The molecule has 1 saturated heterocycles. The van der Waals surface area contributed by atoms with Crippen LogP contribution in [0.15, 0.2) is 53.3 Å². The van der Waals surface area contributed by atoms with Gasteiger partial charge < -0.3 is 18.9 Å². The summed E-state index contributed by atoms with van der Waals surface area (Å²) in [6, 6.07) is 8.27. The molecule has 0 aromatic carbocycles. The number of anilines is 1. The van der Waals surface area contributed by atoms with Crippen LogP contribution in [-0.2, 0) is 5.54 Å². The van der Waals surface area contributed by atoms with E-state index in [0.29, 0.717) is 36.7 Å². The molecule has 30 heavy (non-hydrogen) atoms. The molecule has 1 amide bonds. The van der Waals surface area contributed by atoms with Gasteiger partial charge >= 0.3 is 0 Å². The van der Waals surface area contributed by atoms with E-state index in [-0.39, 0.29) is 11.4 Å². The smallest absolute Gasteiger partial charge is 0.259 e. The summed E-state index contributed by atoms with van der Waals surface area (Å²) in [6.07, 6.45) is 4.70. The Bertz CT molecular complexity index is 1140. The number of pyridine rings is 1. The fourth-order valence-corrected chi connectivity index (χ4v) is 4.95. The highest BCUT2D eigenvalue weighted by Crippen LogP contribution is 2.47. The van der Waals surface area contributed by atoms with E-state index in [4.69, 9.17) is 4.52 Å². The molecule has 0 saturated carbocycles. The maximum absolute atomic E-state index is 13.4.